The largest absolute Gasteiger partial charge is 0.345 e. The topological polar surface area (TPSA) is 101 Å². The summed E-state index contributed by atoms with van der Waals surface area (Å²) >= 11 is 1.90. The number of hydrogen-bond donors (Lipinski definition) is 2. The minimum absolute atomic E-state index is 0.0157. The van der Waals surface area contributed by atoms with E-state index in [1.165, 1.54) is 12.4 Å². The first-order chi connectivity index (χ1) is 9.99. The van der Waals surface area contributed by atoms with E-state index in [1.54, 1.807) is 12.1 Å². The summed E-state index contributed by atoms with van der Waals surface area (Å²) < 4.78 is 0.442. The standard InChI is InChI=1S/C13H9IN4O3/c1-6-9(16-5-15-6)4-7-11-8(17-13(7)19)2-3-10(12(11)14)18(20)21/h2-5H,1H3,(H,15,16)(H,17,19)/b7-4-. The molecule has 0 unspecified atom stereocenters. The number of anilines is 1. The third kappa shape index (κ3) is 2.20. The number of carbonyl (C=O) groups excluding carboxylic acids is 1. The van der Waals surface area contributed by atoms with Crippen LogP contribution in [-0.4, -0.2) is 20.8 Å². The van der Waals surface area contributed by atoms with E-state index in [9.17, 15) is 14.9 Å². The molecule has 1 aliphatic heterocycles. The van der Waals surface area contributed by atoms with Gasteiger partial charge in [-0.15, -0.1) is 0 Å². The van der Waals surface area contributed by atoms with Crippen molar-refractivity contribution in [3.8, 4) is 0 Å². The molecule has 2 aromatic rings. The number of nitrogens with one attached hydrogen (secondary N) is 2. The highest BCUT2D eigenvalue weighted by atomic mass is 127. The predicted molar refractivity (Wildman–Crippen MR) is 85.6 cm³/mol. The molecule has 0 saturated carbocycles. The molecule has 0 radical (unpaired) electrons. The first-order valence-corrected chi connectivity index (χ1v) is 7.07. The van der Waals surface area contributed by atoms with Crippen LogP contribution in [0.25, 0.3) is 11.6 Å². The van der Waals surface area contributed by atoms with E-state index >= 15 is 0 Å². The molecule has 1 aliphatic rings. The van der Waals surface area contributed by atoms with Crippen LogP contribution in [0.1, 0.15) is 17.0 Å². The van der Waals surface area contributed by atoms with E-state index < -0.39 is 4.92 Å². The fourth-order valence-electron chi connectivity index (χ4n) is 2.18. The van der Waals surface area contributed by atoms with Gasteiger partial charge in [0.2, 0.25) is 0 Å². The van der Waals surface area contributed by atoms with E-state index in [1.807, 2.05) is 29.5 Å². The van der Waals surface area contributed by atoms with Crippen LogP contribution in [-0.2, 0) is 4.79 Å². The number of rotatable bonds is 2. The van der Waals surface area contributed by atoms with Gasteiger partial charge in [0.15, 0.2) is 0 Å². The average Bonchev–Trinajstić information content (AvgIpc) is 2.95. The summed E-state index contributed by atoms with van der Waals surface area (Å²) in [5, 5.41) is 13.8. The van der Waals surface area contributed by atoms with Crippen molar-refractivity contribution in [2.45, 2.75) is 6.92 Å². The lowest BCUT2D eigenvalue weighted by Gasteiger charge is -2.03. The number of fused-ring (bicyclic) bond motifs is 1. The van der Waals surface area contributed by atoms with Crippen molar-refractivity contribution in [2.24, 2.45) is 0 Å². The van der Waals surface area contributed by atoms with Gasteiger partial charge in [0.25, 0.3) is 11.6 Å². The van der Waals surface area contributed by atoms with Crippen molar-refractivity contribution in [3.05, 3.63) is 49.1 Å². The number of H-pyrrole nitrogens is 1. The molecule has 3 rings (SSSR count). The molecule has 21 heavy (non-hydrogen) atoms. The van der Waals surface area contributed by atoms with Crippen LogP contribution in [0.3, 0.4) is 0 Å². The number of nitro groups is 1. The van der Waals surface area contributed by atoms with Crippen molar-refractivity contribution >= 4 is 51.5 Å². The summed E-state index contributed by atoms with van der Waals surface area (Å²) in [5.41, 5.74) is 2.98. The van der Waals surface area contributed by atoms with E-state index in [4.69, 9.17) is 0 Å². The third-order valence-corrected chi connectivity index (χ3v) is 4.33. The number of benzene rings is 1. The van der Waals surface area contributed by atoms with Crippen LogP contribution in [0, 0.1) is 20.6 Å². The monoisotopic (exact) mass is 396 g/mol. The highest BCUT2D eigenvalue weighted by Crippen LogP contribution is 2.40. The SMILES string of the molecule is Cc1nc[nH]c1/C=C1\C(=O)Nc2ccc([N+](=O)[O-])c(I)c21. The van der Waals surface area contributed by atoms with Gasteiger partial charge in [-0.1, -0.05) is 0 Å². The molecule has 0 spiro atoms. The van der Waals surface area contributed by atoms with Gasteiger partial charge in [-0.3, -0.25) is 14.9 Å². The Morgan fingerprint density at radius 3 is 2.81 bits per heavy atom. The molecule has 1 aromatic heterocycles. The van der Waals surface area contributed by atoms with Crippen LogP contribution in [0.2, 0.25) is 0 Å². The molecule has 0 bridgehead atoms. The molecular formula is C13H9IN4O3. The zero-order chi connectivity index (χ0) is 15.1. The Morgan fingerprint density at radius 1 is 1.43 bits per heavy atom. The number of hydrogen-bond acceptors (Lipinski definition) is 4. The summed E-state index contributed by atoms with van der Waals surface area (Å²) in [4.78, 5) is 29.7. The van der Waals surface area contributed by atoms with Crippen LogP contribution >= 0.6 is 22.6 Å². The molecule has 2 heterocycles. The smallest absolute Gasteiger partial charge is 0.283 e. The lowest BCUT2D eigenvalue weighted by molar-refractivity contribution is -0.385. The molecule has 7 nitrogen and oxygen atoms in total. The van der Waals surface area contributed by atoms with E-state index in [0.29, 0.717) is 26.1 Å². The van der Waals surface area contributed by atoms with Crippen LogP contribution in [0.5, 0.6) is 0 Å². The number of imidazole rings is 1. The minimum atomic E-state index is -0.454. The van der Waals surface area contributed by atoms with Crippen LogP contribution < -0.4 is 5.32 Å². The first-order valence-electron chi connectivity index (χ1n) is 5.99. The molecule has 2 N–H and O–H groups in total. The molecule has 1 aromatic carbocycles. The maximum absolute atomic E-state index is 12.1. The molecule has 0 saturated heterocycles. The molecule has 1 amide bonds. The van der Waals surface area contributed by atoms with Gasteiger partial charge in [-0.2, -0.15) is 0 Å². The normalized spacial score (nSPS) is 15.1. The number of nitrogens with zero attached hydrogens (tertiary/aromatic N) is 2. The maximum Gasteiger partial charge on any atom is 0.283 e. The summed E-state index contributed by atoms with van der Waals surface area (Å²) in [7, 11) is 0. The van der Waals surface area contributed by atoms with Crippen molar-refractivity contribution in [1.82, 2.24) is 9.97 Å². The Hall–Kier alpha value is -2.23. The summed E-state index contributed by atoms with van der Waals surface area (Å²) in [5.74, 6) is -0.280. The maximum atomic E-state index is 12.1. The Labute approximate surface area is 132 Å². The lowest BCUT2D eigenvalue weighted by Crippen LogP contribution is -2.03. The van der Waals surface area contributed by atoms with Gasteiger partial charge in [0.05, 0.1) is 33.9 Å². The van der Waals surface area contributed by atoms with Crippen molar-refractivity contribution in [2.75, 3.05) is 5.32 Å². The second kappa shape index (κ2) is 4.95. The lowest BCUT2D eigenvalue weighted by atomic mass is 10.0. The average molecular weight is 396 g/mol. The summed E-state index contributed by atoms with van der Waals surface area (Å²) in [6.07, 6.45) is 3.20. The molecule has 0 atom stereocenters. The zero-order valence-electron chi connectivity index (χ0n) is 10.8. The first kappa shape index (κ1) is 13.7. The number of amides is 1. The molecule has 8 heteroatoms. The zero-order valence-corrected chi connectivity index (χ0v) is 13.0. The fraction of sp³-hybridized carbons (Fsp3) is 0.0769. The fourth-order valence-corrected chi connectivity index (χ4v) is 3.14. The van der Waals surface area contributed by atoms with Gasteiger partial charge < -0.3 is 10.3 Å². The minimum Gasteiger partial charge on any atom is -0.345 e. The van der Waals surface area contributed by atoms with Gasteiger partial charge >= 0.3 is 0 Å². The van der Waals surface area contributed by atoms with E-state index in [0.717, 1.165) is 5.69 Å². The Bertz CT molecular complexity index is 810. The molecule has 0 aliphatic carbocycles. The summed E-state index contributed by atoms with van der Waals surface area (Å²) in [6, 6.07) is 2.94. The Kier molecular flexibility index (Phi) is 3.24. The van der Waals surface area contributed by atoms with Gasteiger partial charge in [-0.25, -0.2) is 4.98 Å². The number of carbonyl (C=O) groups is 1. The second-order valence-corrected chi connectivity index (χ2v) is 5.57. The quantitative estimate of drug-likeness (QED) is 0.353. The number of aromatic nitrogens is 2. The van der Waals surface area contributed by atoms with Gasteiger partial charge in [0, 0.05) is 11.6 Å². The van der Waals surface area contributed by atoms with Crippen molar-refractivity contribution in [1.29, 1.82) is 0 Å². The van der Waals surface area contributed by atoms with Gasteiger partial charge in [0.1, 0.15) is 3.57 Å². The Balaban J connectivity index is 2.21. The predicted octanol–water partition coefficient (Wildman–Crippen LogP) is 2.72. The van der Waals surface area contributed by atoms with E-state index in [2.05, 4.69) is 15.3 Å². The van der Waals surface area contributed by atoms with Crippen molar-refractivity contribution in [3.63, 3.8) is 0 Å². The van der Waals surface area contributed by atoms with Crippen LogP contribution in [0.15, 0.2) is 18.5 Å². The molecule has 106 valence electrons. The number of aromatic amines is 1. The Morgan fingerprint density at radius 2 is 2.19 bits per heavy atom. The number of halogens is 1. The molecule has 0 fully saturated rings. The number of aryl methyl sites for hydroxylation is 1. The highest BCUT2D eigenvalue weighted by Gasteiger charge is 2.30. The van der Waals surface area contributed by atoms with E-state index in [-0.39, 0.29) is 11.6 Å². The third-order valence-electron chi connectivity index (χ3n) is 3.24. The number of nitro benzene ring substituents is 1. The highest BCUT2D eigenvalue weighted by molar-refractivity contribution is 14.1. The summed E-state index contributed by atoms with van der Waals surface area (Å²) in [6.45, 7) is 1.81. The van der Waals surface area contributed by atoms with Crippen molar-refractivity contribution < 1.29 is 9.72 Å². The van der Waals surface area contributed by atoms with Gasteiger partial charge in [-0.05, 0) is 41.7 Å². The van der Waals surface area contributed by atoms with Crippen LogP contribution in [0.4, 0.5) is 11.4 Å². The molecular weight excluding hydrogens is 387 g/mol. The second-order valence-electron chi connectivity index (χ2n) is 4.49.